The highest BCUT2D eigenvalue weighted by Crippen LogP contribution is 2.37. The molecule has 5 rings (SSSR count). The van der Waals surface area contributed by atoms with Crippen LogP contribution in [0.25, 0.3) is 0 Å². The maximum Gasteiger partial charge on any atom is 0.246 e. The van der Waals surface area contributed by atoms with E-state index in [9.17, 15) is 14.7 Å². The molecule has 0 bridgehead atoms. The second-order valence-corrected chi connectivity index (χ2v) is 12.8. The van der Waals surface area contributed by atoms with Crippen LogP contribution >= 0.6 is 0 Å². The van der Waals surface area contributed by atoms with Crippen molar-refractivity contribution in [1.82, 2.24) is 15.1 Å². The molecule has 1 saturated carbocycles. The van der Waals surface area contributed by atoms with E-state index in [4.69, 9.17) is 0 Å². The first kappa shape index (κ1) is 30.6. The quantitative estimate of drug-likeness (QED) is 0.321. The van der Waals surface area contributed by atoms with Gasteiger partial charge in [-0.3, -0.25) is 9.59 Å². The Morgan fingerprint density at radius 2 is 1.45 bits per heavy atom. The number of anilines is 2. The zero-order valence-corrected chi connectivity index (χ0v) is 25.5. The van der Waals surface area contributed by atoms with Gasteiger partial charge in [-0.15, -0.1) is 0 Å². The number of benzene rings is 2. The molecule has 3 aliphatic rings. The molecule has 1 aliphatic carbocycles. The number of piperazine rings is 1. The number of unbranched alkanes of at least 4 members (excludes halogenated alkanes) is 2. The van der Waals surface area contributed by atoms with Crippen LogP contribution in [0.4, 0.5) is 11.4 Å². The number of likely N-dealkylation sites (tertiary alicyclic amines) is 1. The van der Waals surface area contributed by atoms with E-state index in [0.29, 0.717) is 25.8 Å². The SMILES string of the molecule is CCCCN1C(=O)[C@@H](CC2(O)CCCCC2)NC(=O)C12CCN(CCCCN(c1ccccc1)c1ccccc1)CC2. The lowest BCUT2D eigenvalue weighted by Gasteiger charge is -2.52. The summed E-state index contributed by atoms with van der Waals surface area (Å²) >= 11 is 0. The first-order valence-corrected chi connectivity index (χ1v) is 16.4. The number of hydrogen-bond donors (Lipinski definition) is 2. The van der Waals surface area contributed by atoms with E-state index in [2.05, 4.69) is 82.7 Å². The number of piperidine rings is 1. The molecule has 228 valence electrons. The minimum atomic E-state index is -0.841. The largest absolute Gasteiger partial charge is 0.390 e. The van der Waals surface area contributed by atoms with Gasteiger partial charge in [-0.1, -0.05) is 69.0 Å². The molecule has 7 heteroatoms. The van der Waals surface area contributed by atoms with Gasteiger partial charge < -0.3 is 25.1 Å². The number of hydrogen-bond acceptors (Lipinski definition) is 5. The number of nitrogens with zero attached hydrogens (tertiary/aromatic N) is 3. The average molecular weight is 575 g/mol. The van der Waals surface area contributed by atoms with Gasteiger partial charge in [0.1, 0.15) is 11.6 Å². The standard InChI is InChI=1S/C35H50N4O3/c1-2-3-25-39-32(40)31(28-34(42)19-11-6-12-20-34)36-33(41)35(39)21-26-37(27-22-35)23-13-14-24-38(29-15-7-4-8-16-29)30-17-9-5-10-18-30/h4-5,7-10,15-18,31,42H,2-3,6,11-14,19-28H2,1H3,(H,36,41)/t31-/m1/s1. The van der Waals surface area contributed by atoms with E-state index in [-0.39, 0.29) is 11.8 Å². The van der Waals surface area contributed by atoms with Crippen molar-refractivity contribution in [2.45, 2.75) is 101 Å². The Hall–Kier alpha value is -2.90. The van der Waals surface area contributed by atoms with Crippen LogP contribution in [-0.4, -0.2) is 76.6 Å². The van der Waals surface area contributed by atoms with Crippen molar-refractivity contribution in [2.24, 2.45) is 0 Å². The Morgan fingerprint density at radius 1 is 0.833 bits per heavy atom. The van der Waals surface area contributed by atoms with E-state index >= 15 is 0 Å². The Bertz CT molecular complexity index is 1100. The second-order valence-electron chi connectivity index (χ2n) is 12.8. The number of para-hydroxylation sites is 2. The maximum atomic E-state index is 13.8. The molecule has 2 N–H and O–H groups in total. The van der Waals surface area contributed by atoms with Gasteiger partial charge in [0.15, 0.2) is 0 Å². The fraction of sp³-hybridized carbons (Fsp3) is 0.600. The highest BCUT2D eigenvalue weighted by Gasteiger charge is 2.54. The van der Waals surface area contributed by atoms with Crippen LogP contribution in [0, 0.1) is 0 Å². The molecule has 0 aromatic heterocycles. The van der Waals surface area contributed by atoms with Crippen molar-refractivity contribution in [3.63, 3.8) is 0 Å². The van der Waals surface area contributed by atoms with Crippen LogP contribution in [0.15, 0.2) is 60.7 Å². The molecule has 2 aromatic rings. The predicted octanol–water partition coefficient (Wildman–Crippen LogP) is 5.65. The molecule has 0 unspecified atom stereocenters. The van der Waals surface area contributed by atoms with Gasteiger partial charge >= 0.3 is 0 Å². The number of carbonyl (C=O) groups is 2. The average Bonchev–Trinajstić information content (AvgIpc) is 3.02. The van der Waals surface area contributed by atoms with Crippen LogP contribution in [0.1, 0.15) is 84.0 Å². The third kappa shape index (κ3) is 7.00. The highest BCUT2D eigenvalue weighted by molar-refractivity contribution is 6.00. The van der Waals surface area contributed by atoms with E-state index in [1.54, 1.807) is 0 Å². The molecule has 2 heterocycles. The zero-order chi connectivity index (χ0) is 29.4. The molecule has 2 amide bonds. The Kier molecular flexibility index (Phi) is 10.2. The van der Waals surface area contributed by atoms with Crippen molar-refractivity contribution >= 4 is 23.2 Å². The van der Waals surface area contributed by atoms with Gasteiger partial charge in [-0.25, -0.2) is 0 Å². The molecule has 42 heavy (non-hydrogen) atoms. The Labute approximate surface area is 252 Å². The van der Waals surface area contributed by atoms with Gasteiger partial charge in [0.25, 0.3) is 0 Å². The van der Waals surface area contributed by atoms with E-state index in [1.165, 1.54) is 11.4 Å². The van der Waals surface area contributed by atoms with Gasteiger partial charge in [0.05, 0.1) is 5.60 Å². The lowest BCUT2D eigenvalue weighted by Crippen LogP contribution is -2.73. The summed E-state index contributed by atoms with van der Waals surface area (Å²) in [6.07, 6.45) is 10.2. The van der Waals surface area contributed by atoms with Crippen LogP contribution in [-0.2, 0) is 9.59 Å². The van der Waals surface area contributed by atoms with Crippen molar-refractivity contribution < 1.29 is 14.7 Å². The molecule has 3 fully saturated rings. The predicted molar refractivity (Wildman–Crippen MR) is 169 cm³/mol. The Morgan fingerprint density at radius 3 is 2.05 bits per heavy atom. The summed E-state index contributed by atoms with van der Waals surface area (Å²) in [5.41, 5.74) is 0.814. The second kappa shape index (κ2) is 14.0. The third-order valence-electron chi connectivity index (χ3n) is 9.84. The molecular weight excluding hydrogens is 524 g/mol. The van der Waals surface area contributed by atoms with Crippen LogP contribution in [0.5, 0.6) is 0 Å². The maximum absolute atomic E-state index is 13.8. The van der Waals surface area contributed by atoms with Gasteiger partial charge in [0.2, 0.25) is 11.8 Å². The number of aliphatic hydroxyl groups is 1. The molecule has 2 aliphatic heterocycles. The van der Waals surface area contributed by atoms with E-state index < -0.39 is 17.2 Å². The lowest BCUT2D eigenvalue weighted by molar-refractivity contribution is -0.163. The van der Waals surface area contributed by atoms with Crippen LogP contribution in [0.2, 0.25) is 0 Å². The summed E-state index contributed by atoms with van der Waals surface area (Å²) < 4.78 is 0. The van der Waals surface area contributed by atoms with Crippen molar-refractivity contribution in [1.29, 1.82) is 0 Å². The smallest absolute Gasteiger partial charge is 0.246 e. The van der Waals surface area contributed by atoms with Crippen molar-refractivity contribution in [3.05, 3.63) is 60.7 Å². The molecule has 0 radical (unpaired) electrons. The molecular formula is C35H50N4O3. The molecule has 1 atom stereocenters. The van der Waals surface area contributed by atoms with E-state index in [0.717, 1.165) is 84.0 Å². The van der Waals surface area contributed by atoms with E-state index in [1.807, 2.05) is 4.90 Å². The summed E-state index contributed by atoms with van der Waals surface area (Å²) in [4.78, 5) is 34.4. The highest BCUT2D eigenvalue weighted by atomic mass is 16.3. The third-order valence-corrected chi connectivity index (χ3v) is 9.84. The minimum Gasteiger partial charge on any atom is -0.390 e. The molecule has 2 saturated heterocycles. The van der Waals surface area contributed by atoms with Crippen LogP contribution < -0.4 is 10.2 Å². The molecule has 7 nitrogen and oxygen atoms in total. The number of amides is 2. The summed E-state index contributed by atoms with van der Waals surface area (Å²) in [6.45, 7) is 6.32. The molecule has 1 spiro atoms. The minimum absolute atomic E-state index is 0.0105. The van der Waals surface area contributed by atoms with Crippen LogP contribution in [0.3, 0.4) is 0 Å². The summed E-state index contributed by atoms with van der Waals surface area (Å²) in [5, 5.41) is 14.3. The summed E-state index contributed by atoms with van der Waals surface area (Å²) in [6, 6.07) is 20.5. The number of nitrogens with one attached hydrogen (secondary N) is 1. The molecule has 2 aromatic carbocycles. The van der Waals surface area contributed by atoms with Crippen molar-refractivity contribution in [2.75, 3.05) is 37.6 Å². The lowest BCUT2D eigenvalue weighted by atomic mass is 9.77. The fourth-order valence-electron chi connectivity index (χ4n) is 7.32. The van der Waals surface area contributed by atoms with Crippen molar-refractivity contribution in [3.8, 4) is 0 Å². The zero-order valence-electron chi connectivity index (χ0n) is 25.5. The van der Waals surface area contributed by atoms with Gasteiger partial charge in [0, 0.05) is 44.0 Å². The number of carbonyl (C=O) groups excluding carboxylic acids is 2. The first-order chi connectivity index (χ1) is 20.4. The summed E-state index contributed by atoms with van der Waals surface area (Å²) in [5.74, 6) is 0.000963. The fourth-order valence-corrected chi connectivity index (χ4v) is 7.32. The normalized spacial score (nSPS) is 22.2. The number of rotatable bonds is 12. The first-order valence-electron chi connectivity index (χ1n) is 16.4. The monoisotopic (exact) mass is 574 g/mol. The van der Waals surface area contributed by atoms with Gasteiger partial charge in [-0.2, -0.15) is 0 Å². The van der Waals surface area contributed by atoms with Gasteiger partial charge in [-0.05, 0) is 75.8 Å². The topological polar surface area (TPSA) is 76.1 Å². The summed E-state index contributed by atoms with van der Waals surface area (Å²) in [7, 11) is 0. The Balaban J connectivity index is 1.16.